The molecule has 0 heterocycles. The quantitative estimate of drug-likeness (QED) is 0.203. The lowest BCUT2D eigenvalue weighted by atomic mass is 9.60. The average Bonchev–Trinajstić information content (AvgIpc) is 3.19. The summed E-state index contributed by atoms with van der Waals surface area (Å²) in [5, 5.41) is 29.7. The average molecular weight is 609 g/mol. The zero-order valence-corrected chi connectivity index (χ0v) is 24.5. The molecule has 0 aliphatic heterocycles. The van der Waals surface area contributed by atoms with E-state index in [9.17, 15) is 46.1 Å². The van der Waals surface area contributed by atoms with Gasteiger partial charge in [0.2, 0.25) is 0 Å². The fourth-order valence-corrected chi connectivity index (χ4v) is 7.34. The molecule has 3 rings (SSSR count). The van der Waals surface area contributed by atoms with Crippen LogP contribution in [-0.2, 0) is 0 Å². The lowest BCUT2D eigenvalue weighted by molar-refractivity contribution is -0.343. The minimum Gasteiger partial charge on any atom is -0.393 e. The van der Waals surface area contributed by atoms with Gasteiger partial charge in [-0.1, -0.05) is 43.6 Å². The fourth-order valence-electron chi connectivity index (χ4n) is 7.34. The number of hydrogen-bond acceptors (Lipinski definition) is 3. The third kappa shape index (κ3) is 7.62. The Kier molecular flexibility index (Phi) is 10.4. The summed E-state index contributed by atoms with van der Waals surface area (Å²) in [6.45, 7) is 9.23. The van der Waals surface area contributed by atoms with Gasteiger partial charge >= 0.3 is 18.0 Å². The van der Waals surface area contributed by atoms with Crippen LogP contribution in [-0.4, -0.2) is 51.1 Å². The molecular formula is C32H43F7O3. The molecule has 3 aliphatic rings. The van der Waals surface area contributed by atoms with Gasteiger partial charge in [-0.15, -0.1) is 0 Å². The van der Waals surface area contributed by atoms with Gasteiger partial charge < -0.3 is 15.3 Å². The van der Waals surface area contributed by atoms with Gasteiger partial charge in [-0.2, -0.15) is 26.3 Å². The predicted octanol–water partition coefficient (Wildman–Crippen LogP) is 7.91. The Hall–Kier alpha value is -1.83. The maximum atomic E-state index is 14.3. The summed E-state index contributed by atoms with van der Waals surface area (Å²) in [6, 6.07) is 0. The summed E-state index contributed by atoms with van der Waals surface area (Å²) < 4.78 is 93.5. The van der Waals surface area contributed by atoms with E-state index in [4.69, 9.17) is 0 Å². The third-order valence-electron chi connectivity index (χ3n) is 9.65. The number of rotatable bonds is 7. The first kappa shape index (κ1) is 34.7. The van der Waals surface area contributed by atoms with E-state index in [0.717, 1.165) is 37.2 Å². The van der Waals surface area contributed by atoms with Crippen LogP contribution in [0.1, 0.15) is 91.4 Å². The van der Waals surface area contributed by atoms with Crippen molar-refractivity contribution < 1.29 is 46.1 Å². The monoisotopic (exact) mass is 608 g/mol. The molecule has 3 fully saturated rings. The Morgan fingerprint density at radius 2 is 1.71 bits per heavy atom. The Morgan fingerprint density at radius 1 is 1.07 bits per heavy atom. The van der Waals surface area contributed by atoms with Crippen molar-refractivity contribution in [2.75, 3.05) is 0 Å². The van der Waals surface area contributed by atoms with E-state index in [0.29, 0.717) is 43.3 Å². The molecular weight excluding hydrogens is 565 g/mol. The molecule has 0 saturated heterocycles. The molecule has 3 saturated carbocycles. The number of allylic oxidation sites excluding steroid dienone is 4. The van der Waals surface area contributed by atoms with Crippen LogP contribution in [0.15, 0.2) is 35.5 Å². The first-order chi connectivity index (χ1) is 19.2. The minimum absolute atomic E-state index is 0.0240. The van der Waals surface area contributed by atoms with Crippen LogP contribution < -0.4 is 0 Å². The van der Waals surface area contributed by atoms with Crippen LogP contribution in [0.2, 0.25) is 0 Å². The van der Waals surface area contributed by atoms with Crippen molar-refractivity contribution in [2.24, 2.45) is 23.2 Å². The molecule has 10 heteroatoms. The van der Waals surface area contributed by atoms with Crippen molar-refractivity contribution in [3.8, 4) is 11.8 Å². The van der Waals surface area contributed by atoms with Crippen LogP contribution in [0, 0.1) is 35.0 Å². The number of fused-ring (bicyclic) bond motifs is 1. The van der Waals surface area contributed by atoms with Crippen molar-refractivity contribution in [3.63, 3.8) is 0 Å². The molecule has 0 spiro atoms. The van der Waals surface area contributed by atoms with Gasteiger partial charge in [0.05, 0.1) is 11.7 Å². The highest BCUT2D eigenvalue weighted by Crippen LogP contribution is 2.60. The van der Waals surface area contributed by atoms with Gasteiger partial charge in [-0.3, -0.25) is 0 Å². The highest BCUT2D eigenvalue weighted by atomic mass is 19.4. The van der Waals surface area contributed by atoms with Crippen LogP contribution in [0.5, 0.6) is 0 Å². The molecule has 238 valence electrons. The van der Waals surface area contributed by atoms with E-state index in [1.807, 2.05) is 12.2 Å². The van der Waals surface area contributed by atoms with Crippen LogP contribution in [0.25, 0.3) is 0 Å². The number of hydrogen-bond donors (Lipinski definition) is 3. The van der Waals surface area contributed by atoms with E-state index in [-0.39, 0.29) is 36.0 Å². The predicted molar refractivity (Wildman–Crippen MR) is 147 cm³/mol. The summed E-state index contributed by atoms with van der Waals surface area (Å²) in [5.74, 6) is 2.95. The second-order valence-corrected chi connectivity index (χ2v) is 13.3. The van der Waals surface area contributed by atoms with E-state index in [2.05, 4.69) is 19.4 Å². The highest BCUT2D eigenvalue weighted by Gasteiger charge is 2.70. The molecule has 3 N–H and O–H groups in total. The van der Waals surface area contributed by atoms with Crippen molar-refractivity contribution in [1.29, 1.82) is 0 Å². The lowest BCUT2D eigenvalue weighted by Crippen LogP contribution is -2.55. The van der Waals surface area contributed by atoms with E-state index < -0.39 is 35.8 Å². The number of halogens is 7. The van der Waals surface area contributed by atoms with Crippen molar-refractivity contribution in [1.82, 2.24) is 0 Å². The minimum atomic E-state index is -6.00. The lowest BCUT2D eigenvalue weighted by Gasteiger charge is -2.45. The van der Waals surface area contributed by atoms with Crippen LogP contribution in [0.4, 0.5) is 30.7 Å². The van der Waals surface area contributed by atoms with Gasteiger partial charge in [0.15, 0.2) is 0 Å². The number of alkyl halides is 7. The van der Waals surface area contributed by atoms with Gasteiger partial charge in [-0.25, -0.2) is 4.39 Å². The van der Waals surface area contributed by atoms with Crippen molar-refractivity contribution in [3.05, 3.63) is 35.5 Å². The maximum absolute atomic E-state index is 14.3. The van der Waals surface area contributed by atoms with Crippen LogP contribution in [0.3, 0.4) is 0 Å². The number of aliphatic hydroxyl groups excluding tert-OH is 1. The second kappa shape index (κ2) is 12.6. The summed E-state index contributed by atoms with van der Waals surface area (Å²) in [6.07, 6.45) is -4.81. The first-order valence-corrected chi connectivity index (χ1v) is 14.7. The molecule has 3 nitrogen and oxygen atoms in total. The Morgan fingerprint density at radius 3 is 2.31 bits per heavy atom. The zero-order chi connectivity index (χ0) is 31.7. The Bertz CT molecular complexity index is 1090. The van der Waals surface area contributed by atoms with E-state index >= 15 is 0 Å². The SMILES string of the molecule is C=C1/C(=C\C=C2/CCC[C@]3(C)[C@@H]([C@@H](CC#CC(O)(C(F)(F)F)C(F)(F)F)CCCC(C)(C)O)CC[C@@H]23)C[C@@H](O)C[C@@H]1F. The summed E-state index contributed by atoms with van der Waals surface area (Å²) in [7, 11) is 0. The van der Waals surface area contributed by atoms with E-state index in [1.54, 1.807) is 13.8 Å². The van der Waals surface area contributed by atoms with Gasteiger partial charge in [0.25, 0.3) is 0 Å². The Labute approximate surface area is 244 Å². The van der Waals surface area contributed by atoms with E-state index in [1.165, 1.54) is 0 Å². The molecule has 0 unspecified atom stereocenters. The number of aliphatic hydroxyl groups is 3. The van der Waals surface area contributed by atoms with Crippen molar-refractivity contribution >= 4 is 0 Å². The molecule has 0 aromatic carbocycles. The first-order valence-electron chi connectivity index (χ1n) is 14.7. The van der Waals surface area contributed by atoms with Crippen LogP contribution >= 0.6 is 0 Å². The third-order valence-corrected chi connectivity index (χ3v) is 9.65. The highest BCUT2D eigenvalue weighted by molar-refractivity contribution is 5.39. The van der Waals surface area contributed by atoms with Gasteiger partial charge in [0.1, 0.15) is 6.17 Å². The smallest absolute Gasteiger partial charge is 0.393 e. The van der Waals surface area contributed by atoms with Gasteiger partial charge in [0, 0.05) is 12.8 Å². The summed E-state index contributed by atoms with van der Waals surface area (Å²) >= 11 is 0. The normalized spacial score (nSPS) is 32.1. The summed E-state index contributed by atoms with van der Waals surface area (Å²) in [4.78, 5) is 0. The fraction of sp³-hybridized carbons (Fsp3) is 0.750. The van der Waals surface area contributed by atoms with Crippen molar-refractivity contribution in [2.45, 2.75) is 127 Å². The largest absolute Gasteiger partial charge is 0.438 e. The summed E-state index contributed by atoms with van der Waals surface area (Å²) in [5.41, 5.74) is -4.18. The molecule has 0 aromatic rings. The standard InChI is InChI=1S/C32H43F7O3/c1-20-23(18-24(40)19-27(20)33)12-11-22-9-6-16-29(4)25(13-14-26(22)29)21(8-5-15-28(2,3)41)10-7-17-30(42,31(34,35)36)32(37,38)39/h11-12,21,24-27,40-42H,1,5-6,8-10,13-16,18-19H2,2-4H3/b22-11+,23-12-/t21-,24-,25-,26+,27+,29-/m1/s1. The molecule has 0 amide bonds. The molecule has 0 aromatic heterocycles. The molecule has 42 heavy (non-hydrogen) atoms. The van der Waals surface area contributed by atoms with Gasteiger partial charge in [-0.05, 0) is 105 Å². The Balaban J connectivity index is 1.89. The topological polar surface area (TPSA) is 60.7 Å². The maximum Gasteiger partial charge on any atom is 0.438 e. The molecule has 0 radical (unpaired) electrons. The zero-order valence-electron chi connectivity index (χ0n) is 24.5. The second-order valence-electron chi connectivity index (χ2n) is 13.3. The molecule has 3 aliphatic carbocycles. The molecule has 6 atom stereocenters. The molecule has 0 bridgehead atoms.